The van der Waals surface area contributed by atoms with Crippen LogP contribution in [0.25, 0.3) is 0 Å². The molecule has 4 heteroatoms. The van der Waals surface area contributed by atoms with Crippen molar-refractivity contribution in [2.24, 2.45) is 5.73 Å². The van der Waals surface area contributed by atoms with Crippen molar-refractivity contribution in [1.82, 2.24) is 0 Å². The second kappa shape index (κ2) is 8.12. The van der Waals surface area contributed by atoms with Crippen molar-refractivity contribution in [3.63, 3.8) is 0 Å². The highest BCUT2D eigenvalue weighted by Crippen LogP contribution is 2.21. The van der Waals surface area contributed by atoms with Crippen molar-refractivity contribution in [3.8, 4) is 5.75 Å². The van der Waals surface area contributed by atoms with Crippen LogP contribution >= 0.6 is 0 Å². The van der Waals surface area contributed by atoms with Gasteiger partial charge >= 0.3 is 0 Å². The maximum absolute atomic E-state index is 5.81. The van der Waals surface area contributed by atoms with E-state index >= 15 is 0 Å². The van der Waals surface area contributed by atoms with E-state index in [2.05, 4.69) is 31.7 Å². The lowest BCUT2D eigenvalue weighted by Crippen LogP contribution is -2.32. The molecule has 2 N–H and O–H groups in total. The molecule has 0 amide bonds. The predicted octanol–water partition coefficient (Wildman–Crippen LogP) is 2.67. The quantitative estimate of drug-likeness (QED) is 0.795. The van der Waals surface area contributed by atoms with E-state index in [1.165, 1.54) is 0 Å². The highest BCUT2D eigenvalue weighted by Gasteiger charge is 2.12. The Balaban J connectivity index is 2.67. The highest BCUT2D eigenvalue weighted by atomic mass is 16.5. The van der Waals surface area contributed by atoms with E-state index in [4.69, 9.17) is 15.2 Å². The van der Waals surface area contributed by atoms with Crippen LogP contribution in [-0.4, -0.2) is 39.0 Å². The Morgan fingerprint density at radius 2 is 1.95 bits per heavy atom. The molecule has 0 saturated carbocycles. The van der Waals surface area contributed by atoms with Crippen molar-refractivity contribution in [2.45, 2.75) is 32.8 Å². The topological polar surface area (TPSA) is 47.7 Å². The zero-order valence-corrected chi connectivity index (χ0v) is 13.2. The zero-order chi connectivity index (χ0) is 15.0. The molecule has 0 saturated heterocycles. The maximum atomic E-state index is 5.81. The molecule has 4 nitrogen and oxygen atoms in total. The number of methoxy groups -OCH3 is 1. The molecular weight excluding hydrogens is 252 g/mol. The Kier molecular flexibility index (Phi) is 6.82. The maximum Gasteiger partial charge on any atom is 0.120 e. The Bertz CT molecular complexity index is 388. The summed E-state index contributed by atoms with van der Waals surface area (Å²) in [6, 6.07) is 8.11. The fourth-order valence-electron chi connectivity index (χ4n) is 1.92. The average Bonchev–Trinajstić information content (AvgIpc) is 2.41. The van der Waals surface area contributed by atoms with E-state index in [1.54, 1.807) is 7.11 Å². The molecule has 0 radical (unpaired) electrons. The second-order valence-corrected chi connectivity index (χ2v) is 5.79. The third-order valence-electron chi connectivity index (χ3n) is 2.95. The van der Waals surface area contributed by atoms with E-state index in [-0.39, 0.29) is 5.60 Å². The molecule has 0 aromatic heterocycles. The van der Waals surface area contributed by atoms with E-state index in [9.17, 15) is 0 Å². The van der Waals surface area contributed by atoms with Crippen molar-refractivity contribution in [1.29, 1.82) is 0 Å². The summed E-state index contributed by atoms with van der Waals surface area (Å²) in [5.41, 5.74) is 6.67. The summed E-state index contributed by atoms with van der Waals surface area (Å²) in [6.45, 7) is 9.39. The van der Waals surface area contributed by atoms with Crippen LogP contribution in [0.2, 0.25) is 0 Å². The summed E-state index contributed by atoms with van der Waals surface area (Å²) in [7, 11) is 1.69. The first-order valence-corrected chi connectivity index (χ1v) is 7.19. The van der Waals surface area contributed by atoms with Gasteiger partial charge in [0.15, 0.2) is 0 Å². The van der Waals surface area contributed by atoms with Gasteiger partial charge in [-0.25, -0.2) is 0 Å². The van der Waals surface area contributed by atoms with Crippen LogP contribution in [0.1, 0.15) is 27.2 Å². The second-order valence-electron chi connectivity index (χ2n) is 5.79. The van der Waals surface area contributed by atoms with E-state index < -0.39 is 0 Å². The molecule has 0 aliphatic heterocycles. The van der Waals surface area contributed by atoms with Crippen LogP contribution < -0.4 is 15.4 Å². The van der Waals surface area contributed by atoms with Crippen LogP contribution in [0.5, 0.6) is 5.75 Å². The van der Waals surface area contributed by atoms with E-state index in [0.717, 1.165) is 30.9 Å². The van der Waals surface area contributed by atoms with Gasteiger partial charge in [-0.2, -0.15) is 0 Å². The molecule has 0 atom stereocenters. The molecular formula is C16H28N2O2. The first kappa shape index (κ1) is 16.8. The molecule has 0 unspecified atom stereocenters. The Labute approximate surface area is 122 Å². The summed E-state index contributed by atoms with van der Waals surface area (Å²) < 4.78 is 11.1. The summed E-state index contributed by atoms with van der Waals surface area (Å²) in [5, 5.41) is 0. The van der Waals surface area contributed by atoms with Gasteiger partial charge in [-0.05, 0) is 45.9 Å². The van der Waals surface area contributed by atoms with Crippen molar-refractivity contribution < 1.29 is 9.47 Å². The fourth-order valence-corrected chi connectivity index (χ4v) is 1.92. The number of hydrogen-bond acceptors (Lipinski definition) is 4. The summed E-state index contributed by atoms with van der Waals surface area (Å²) in [5.74, 6) is 0.872. The lowest BCUT2D eigenvalue weighted by atomic mass is 10.2. The van der Waals surface area contributed by atoms with Gasteiger partial charge in [-0.15, -0.1) is 0 Å². The molecule has 0 heterocycles. The Morgan fingerprint density at radius 1 is 1.20 bits per heavy atom. The Morgan fingerprint density at radius 3 is 2.55 bits per heavy atom. The lowest BCUT2D eigenvalue weighted by Gasteiger charge is -2.27. The molecule has 0 aliphatic carbocycles. The molecule has 114 valence electrons. The van der Waals surface area contributed by atoms with Gasteiger partial charge in [-0.3, -0.25) is 0 Å². The minimum Gasteiger partial charge on any atom is -0.497 e. The minimum atomic E-state index is -0.103. The van der Waals surface area contributed by atoms with Crippen LogP contribution in [0, 0.1) is 0 Å². The van der Waals surface area contributed by atoms with E-state index in [0.29, 0.717) is 13.2 Å². The van der Waals surface area contributed by atoms with Crippen molar-refractivity contribution in [3.05, 3.63) is 24.3 Å². The number of ether oxygens (including phenoxy) is 2. The third-order valence-corrected chi connectivity index (χ3v) is 2.95. The molecule has 1 aromatic rings. The molecule has 0 fully saturated rings. The lowest BCUT2D eigenvalue weighted by molar-refractivity contribution is 0.00135. The largest absolute Gasteiger partial charge is 0.497 e. The number of rotatable bonds is 8. The molecule has 0 aliphatic rings. The van der Waals surface area contributed by atoms with E-state index in [1.807, 2.05) is 18.2 Å². The van der Waals surface area contributed by atoms with Crippen LogP contribution in [0.4, 0.5) is 5.69 Å². The molecule has 20 heavy (non-hydrogen) atoms. The van der Waals surface area contributed by atoms with Crippen molar-refractivity contribution in [2.75, 3.05) is 38.3 Å². The smallest absolute Gasteiger partial charge is 0.120 e. The third kappa shape index (κ3) is 6.26. The summed E-state index contributed by atoms with van der Waals surface area (Å²) in [4.78, 5) is 2.29. The van der Waals surface area contributed by atoms with Crippen molar-refractivity contribution >= 4 is 5.69 Å². The molecule has 0 bridgehead atoms. The standard InChI is InChI=1S/C16H28N2O2/c1-16(2,3)20-12-11-18(10-6-9-17)14-7-5-8-15(13-14)19-4/h5,7-8,13H,6,9-12,17H2,1-4H3. The SMILES string of the molecule is COc1cccc(N(CCCN)CCOC(C)(C)C)c1. The highest BCUT2D eigenvalue weighted by molar-refractivity contribution is 5.50. The van der Waals surface area contributed by atoms with Crippen LogP contribution in [-0.2, 0) is 4.74 Å². The van der Waals surface area contributed by atoms with Gasteiger partial charge in [0.05, 0.1) is 19.3 Å². The Hall–Kier alpha value is -1.26. The number of anilines is 1. The molecule has 1 aromatic carbocycles. The first-order chi connectivity index (χ1) is 9.46. The normalized spacial score (nSPS) is 11.4. The number of nitrogens with zero attached hydrogens (tertiary/aromatic N) is 1. The number of benzene rings is 1. The number of nitrogens with two attached hydrogens (primary N) is 1. The fraction of sp³-hybridized carbons (Fsp3) is 0.625. The number of hydrogen-bond donors (Lipinski definition) is 1. The average molecular weight is 280 g/mol. The molecule has 1 rings (SSSR count). The van der Waals surface area contributed by atoms with Gasteiger partial charge < -0.3 is 20.1 Å². The zero-order valence-electron chi connectivity index (χ0n) is 13.2. The van der Waals surface area contributed by atoms with Crippen LogP contribution in [0.3, 0.4) is 0 Å². The van der Waals surface area contributed by atoms with Gasteiger partial charge in [0.25, 0.3) is 0 Å². The summed E-state index contributed by atoms with van der Waals surface area (Å²) in [6.07, 6.45) is 0.965. The minimum absolute atomic E-state index is 0.103. The van der Waals surface area contributed by atoms with Gasteiger partial charge in [0.1, 0.15) is 5.75 Å². The first-order valence-electron chi connectivity index (χ1n) is 7.19. The van der Waals surface area contributed by atoms with Gasteiger partial charge in [0, 0.05) is 24.8 Å². The monoisotopic (exact) mass is 280 g/mol. The van der Waals surface area contributed by atoms with Gasteiger partial charge in [0.2, 0.25) is 0 Å². The van der Waals surface area contributed by atoms with Gasteiger partial charge in [-0.1, -0.05) is 6.07 Å². The molecule has 0 spiro atoms. The van der Waals surface area contributed by atoms with Crippen LogP contribution in [0.15, 0.2) is 24.3 Å². The summed E-state index contributed by atoms with van der Waals surface area (Å²) >= 11 is 0. The predicted molar refractivity (Wildman–Crippen MR) is 84.6 cm³/mol.